The third-order valence-electron chi connectivity index (χ3n) is 6.32. The zero-order chi connectivity index (χ0) is 22.2. The fourth-order valence-corrected chi connectivity index (χ4v) is 4.46. The van der Waals surface area contributed by atoms with Crippen LogP contribution in [0, 0.1) is 6.92 Å². The number of carbonyl (C=O) groups excluding carboxylic acids is 2. The maximum atomic E-state index is 13.1. The largest absolute Gasteiger partial charge is 0.394 e. The van der Waals surface area contributed by atoms with Crippen molar-refractivity contribution in [2.24, 2.45) is 7.05 Å². The van der Waals surface area contributed by atoms with E-state index in [4.69, 9.17) is 0 Å². The van der Waals surface area contributed by atoms with Crippen LogP contribution in [0.1, 0.15) is 50.2 Å². The number of hydrogen-bond acceptors (Lipinski definition) is 4. The van der Waals surface area contributed by atoms with Gasteiger partial charge in [-0.25, -0.2) is 0 Å². The van der Waals surface area contributed by atoms with Gasteiger partial charge in [0.1, 0.15) is 5.56 Å². The van der Waals surface area contributed by atoms with Gasteiger partial charge in [-0.1, -0.05) is 30.4 Å². The fourth-order valence-electron chi connectivity index (χ4n) is 4.46. The summed E-state index contributed by atoms with van der Waals surface area (Å²) in [6, 6.07) is 7.47. The number of rotatable bonds is 4. The summed E-state index contributed by atoms with van der Waals surface area (Å²) < 4.78 is 1.40. The molecule has 2 amide bonds. The molecular weight excluding hydrogens is 394 g/mol. The molecule has 7 nitrogen and oxygen atoms in total. The first-order valence-corrected chi connectivity index (χ1v) is 10.5. The Morgan fingerprint density at radius 3 is 2.58 bits per heavy atom. The van der Waals surface area contributed by atoms with Gasteiger partial charge in [0.15, 0.2) is 0 Å². The lowest BCUT2D eigenvalue weighted by Crippen LogP contribution is -2.51. The van der Waals surface area contributed by atoms with Crippen LogP contribution in [0.3, 0.4) is 0 Å². The quantitative estimate of drug-likeness (QED) is 0.735. The lowest BCUT2D eigenvalue weighted by Gasteiger charge is -2.32. The van der Waals surface area contributed by atoms with Gasteiger partial charge >= 0.3 is 0 Å². The van der Waals surface area contributed by atoms with E-state index in [0.717, 1.165) is 11.1 Å². The van der Waals surface area contributed by atoms with Gasteiger partial charge in [0.25, 0.3) is 17.4 Å². The van der Waals surface area contributed by atoms with Crippen LogP contribution in [0.25, 0.3) is 0 Å². The van der Waals surface area contributed by atoms with Crippen LogP contribution in [-0.2, 0) is 20.0 Å². The molecule has 162 valence electrons. The third kappa shape index (κ3) is 3.81. The summed E-state index contributed by atoms with van der Waals surface area (Å²) in [5.41, 5.74) is 2.05. The number of nitrogens with zero attached hydrogens (tertiary/aromatic N) is 2. The van der Waals surface area contributed by atoms with Gasteiger partial charge in [0, 0.05) is 31.9 Å². The summed E-state index contributed by atoms with van der Waals surface area (Å²) in [6.07, 6.45) is 7.04. The van der Waals surface area contributed by atoms with Gasteiger partial charge in [-0.15, -0.1) is 0 Å². The van der Waals surface area contributed by atoms with E-state index in [9.17, 15) is 19.5 Å². The predicted octanol–water partition coefficient (Wildman–Crippen LogP) is 1.70. The molecule has 0 unspecified atom stereocenters. The average molecular weight is 421 g/mol. The van der Waals surface area contributed by atoms with E-state index < -0.39 is 11.4 Å². The fraction of sp³-hybridized carbons (Fsp3) is 0.375. The van der Waals surface area contributed by atoms with Crippen molar-refractivity contribution in [3.05, 3.63) is 80.8 Å². The number of aromatic nitrogens is 1. The Labute approximate surface area is 181 Å². The predicted molar refractivity (Wildman–Crippen MR) is 117 cm³/mol. The number of carbonyl (C=O) groups is 2. The van der Waals surface area contributed by atoms with Gasteiger partial charge in [-0.05, 0) is 48.9 Å². The Morgan fingerprint density at radius 2 is 1.90 bits per heavy atom. The van der Waals surface area contributed by atoms with Crippen molar-refractivity contribution in [1.82, 2.24) is 14.8 Å². The number of amides is 2. The molecule has 0 fully saturated rings. The summed E-state index contributed by atoms with van der Waals surface area (Å²) in [6.45, 7) is 2.48. The van der Waals surface area contributed by atoms with Crippen molar-refractivity contribution in [1.29, 1.82) is 0 Å². The van der Waals surface area contributed by atoms with Crippen LogP contribution in [0.2, 0.25) is 0 Å². The second kappa shape index (κ2) is 8.15. The minimum atomic E-state index is -0.758. The average Bonchev–Trinajstić information content (AvgIpc) is 3.23. The molecule has 2 aromatic rings. The van der Waals surface area contributed by atoms with E-state index in [2.05, 4.69) is 5.32 Å². The summed E-state index contributed by atoms with van der Waals surface area (Å²) in [5.74, 6) is -0.520. The van der Waals surface area contributed by atoms with Crippen LogP contribution >= 0.6 is 0 Å². The van der Waals surface area contributed by atoms with Crippen molar-refractivity contribution in [3.63, 3.8) is 0 Å². The van der Waals surface area contributed by atoms with Crippen LogP contribution in [0.15, 0.2) is 47.4 Å². The molecule has 0 bridgehead atoms. The number of hydrogen-bond donors (Lipinski definition) is 2. The number of aliphatic hydroxyl groups is 1. The molecule has 0 saturated heterocycles. The number of pyridine rings is 1. The molecule has 2 N–H and O–H groups in total. The number of fused-ring (bicyclic) bond motifs is 1. The minimum Gasteiger partial charge on any atom is -0.394 e. The minimum absolute atomic E-state index is 0.0557. The number of aryl methyl sites for hydroxylation is 2. The van der Waals surface area contributed by atoms with Crippen molar-refractivity contribution in [2.45, 2.75) is 38.3 Å². The Hall–Kier alpha value is -3.19. The maximum Gasteiger partial charge on any atom is 0.263 e. The standard InChI is InChI=1S/C24H27N3O4/c1-16-7-3-4-8-18(16)22(30)27-12-9-19-17(14-27)13-26(2)23(31)20(19)21(29)25-24(15-28)10-5-6-11-24/h3-8,13,28H,9-12,14-15H2,1-2H3,(H,25,29). The lowest BCUT2D eigenvalue weighted by molar-refractivity contribution is 0.0733. The van der Waals surface area contributed by atoms with Crippen molar-refractivity contribution in [3.8, 4) is 0 Å². The second-order valence-corrected chi connectivity index (χ2v) is 8.49. The Kier molecular flexibility index (Phi) is 5.54. The zero-order valence-corrected chi connectivity index (χ0v) is 17.9. The van der Waals surface area contributed by atoms with E-state index in [1.165, 1.54) is 4.57 Å². The van der Waals surface area contributed by atoms with Gasteiger partial charge in [-0.3, -0.25) is 14.4 Å². The van der Waals surface area contributed by atoms with E-state index in [1.54, 1.807) is 18.1 Å². The Balaban J connectivity index is 1.64. The highest BCUT2D eigenvalue weighted by Gasteiger charge is 2.35. The summed E-state index contributed by atoms with van der Waals surface area (Å²) in [5, 5.41) is 12.7. The zero-order valence-electron chi connectivity index (χ0n) is 17.9. The van der Waals surface area contributed by atoms with Crippen molar-refractivity contribution < 1.29 is 14.7 Å². The SMILES string of the molecule is Cc1ccccc1C(=O)N1CCc2c(cn(C)c(=O)c2C(=O)NC2(CO)CC=CC2)C1. The molecule has 1 aliphatic carbocycles. The molecular formula is C24H27N3O4. The monoisotopic (exact) mass is 421 g/mol. The smallest absolute Gasteiger partial charge is 0.263 e. The molecule has 31 heavy (non-hydrogen) atoms. The van der Waals surface area contributed by atoms with Crippen molar-refractivity contribution >= 4 is 11.8 Å². The van der Waals surface area contributed by atoms with Crippen LogP contribution in [-0.4, -0.2) is 45.1 Å². The van der Waals surface area contributed by atoms with Crippen LogP contribution in [0.4, 0.5) is 0 Å². The highest BCUT2D eigenvalue weighted by Crippen LogP contribution is 2.26. The maximum absolute atomic E-state index is 13.1. The lowest BCUT2D eigenvalue weighted by atomic mass is 9.93. The molecule has 2 aliphatic rings. The Morgan fingerprint density at radius 1 is 1.19 bits per heavy atom. The van der Waals surface area contributed by atoms with Gasteiger partial charge in [-0.2, -0.15) is 0 Å². The molecule has 4 rings (SSSR count). The van der Waals surface area contributed by atoms with E-state index in [-0.39, 0.29) is 23.6 Å². The number of benzene rings is 1. The molecule has 0 spiro atoms. The highest BCUT2D eigenvalue weighted by molar-refractivity contribution is 5.97. The van der Waals surface area contributed by atoms with Crippen molar-refractivity contribution in [2.75, 3.05) is 13.2 Å². The van der Waals surface area contributed by atoms with Gasteiger partial charge < -0.3 is 19.9 Å². The molecule has 0 saturated carbocycles. The van der Waals surface area contributed by atoms with E-state index in [1.807, 2.05) is 43.3 Å². The molecule has 0 atom stereocenters. The third-order valence-corrected chi connectivity index (χ3v) is 6.32. The Bertz CT molecular complexity index is 1120. The van der Waals surface area contributed by atoms with Gasteiger partial charge in [0.05, 0.1) is 12.1 Å². The van der Waals surface area contributed by atoms with Crippen LogP contribution in [0.5, 0.6) is 0 Å². The normalized spacial score (nSPS) is 16.8. The molecule has 7 heteroatoms. The van der Waals surface area contributed by atoms with Crippen LogP contribution < -0.4 is 10.9 Å². The number of aliphatic hydroxyl groups excluding tert-OH is 1. The summed E-state index contributed by atoms with van der Waals surface area (Å²) in [7, 11) is 1.61. The first-order valence-electron chi connectivity index (χ1n) is 10.5. The first kappa shape index (κ1) is 21.1. The second-order valence-electron chi connectivity index (χ2n) is 8.49. The number of nitrogens with one attached hydrogen (secondary N) is 1. The van der Waals surface area contributed by atoms with E-state index in [0.29, 0.717) is 43.5 Å². The first-order chi connectivity index (χ1) is 14.8. The molecule has 1 aromatic heterocycles. The molecule has 1 aliphatic heterocycles. The molecule has 1 aromatic carbocycles. The summed E-state index contributed by atoms with van der Waals surface area (Å²) in [4.78, 5) is 40.8. The topological polar surface area (TPSA) is 91.6 Å². The summed E-state index contributed by atoms with van der Waals surface area (Å²) >= 11 is 0. The molecule has 2 heterocycles. The highest BCUT2D eigenvalue weighted by atomic mass is 16.3. The van der Waals surface area contributed by atoms with Gasteiger partial charge in [0.2, 0.25) is 0 Å². The molecule has 0 radical (unpaired) electrons. The van der Waals surface area contributed by atoms with E-state index >= 15 is 0 Å².